The minimum absolute atomic E-state index is 0.376. The Balaban J connectivity index is 2.06. The zero-order valence-corrected chi connectivity index (χ0v) is 13.4. The minimum Gasteiger partial charge on any atom is -0.427 e. The van der Waals surface area contributed by atoms with E-state index in [1.165, 1.54) is 6.92 Å². The molecule has 124 valence electrons. The van der Waals surface area contributed by atoms with Gasteiger partial charge in [-0.1, -0.05) is 0 Å². The maximum Gasteiger partial charge on any atom is 0.308 e. The van der Waals surface area contributed by atoms with E-state index in [1.807, 2.05) is 0 Å². The quantitative estimate of drug-likeness (QED) is 0.419. The van der Waals surface area contributed by atoms with Gasteiger partial charge in [-0.15, -0.1) is 0 Å². The van der Waals surface area contributed by atoms with E-state index in [0.29, 0.717) is 30.7 Å². The lowest BCUT2D eigenvalue weighted by molar-refractivity contribution is -0.131. The molecule has 1 aromatic carbocycles. The second kappa shape index (κ2) is 7.05. The second-order valence-corrected chi connectivity index (χ2v) is 5.03. The molecule has 0 fully saturated rings. The van der Waals surface area contributed by atoms with Crippen LogP contribution in [0, 0.1) is 0 Å². The van der Waals surface area contributed by atoms with Crippen LogP contribution < -0.4 is 10.1 Å². The zero-order chi connectivity index (χ0) is 16.9. The third kappa shape index (κ3) is 3.49. The predicted molar refractivity (Wildman–Crippen MR) is 88.3 cm³/mol. The maximum atomic E-state index is 11.2. The van der Waals surface area contributed by atoms with E-state index in [1.54, 1.807) is 48.6 Å². The van der Waals surface area contributed by atoms with Gasteiger partial charge in [0.25, 0.3) is 0 Å². The lowest BCUT2D eigenvalue weighted by Gasteiger charge is -2.12. The number of hydrogen-bond acceptors (Lipinski definition) is 7. The SMILES string of the molecule is COCCNc1nc(-n2ccnc2)nc2ccc(OC(C)=O)cc12. The van der Waals surface area contributed by atoms with Crippen LogP contribution in [0.5, 0.6) is 5.75 Å². The molecule has 0 aliphatic heterocycles. The fourth-order valence-corrected chi connectivity index (χ4v) is 2.22. The van der Waals surface area contributed by atoms with E-state index in [9.17, 15) is 4.79 Å². The largest absolute Gasteiger partial charge is 0.427 e. The molecule has 0 saturated carbocycles. The van der Waals surface area contributed by atoms with Gasteiger partial charge in [-0.2, -0.15) is 4.98 Å². The smallest absolute Gasteiger partial charge is 0.308 e. The number of ether oxygens (including phenoxy) is 2. The van der Waals surface area contributed by atoms with Crippen LogP contribution in [-0.2, 0) is 9.53 Å². The van der Waals surface area contributed by atoms with E-state index in [2.05, 4.69) is 20.3 Å². The van der Waals surface area contributed by atoms with Crippen LogP contribution in [0.4, 0.5) is 5.82 Å². The fourth-order valence-electron chi connectivity index (χ4n) is 2.22. The molecule has 3 rings (SSSR count). The molecule has 2 aromatic heterocycles. The van der Waals surface area contributed by atoms with Crippen molar-refractivity contribution >= 4 is 22.7 Å². The molecule has 24 heavy (non-hydrogen) atoms. The van der Waals surface area contributed by atoms with Gasteiger partial charge < -0.3 is 14.8 Å². The predicted octanol–water partition coefficient (Wildman–Crippen LogP) is 1.80. The van der Waals surface area contributed by atoms with Crippen molar-refractivity contribution in [2.24, 2.45) is 0 Å². The Morgan fingerprint density at radius 2 is 2.21 bits per heavy atom. The van der Waals surface area contributed by atoms with Gasteiger partial charge in [-0.05, 0) is 18.2 Å². The van der Waals surface area contributed by atoms with Gasteiger partial charge in [0.05, 0.1) is 12.1 Å². The summed E-state index contributed by atoms with van der Waals surface area (Å²) in [6.07, 6.45) is 5.07. The first-order chi connectivity index (χ1) is 11.7. The molecule has 3 aromatic rings. The van der Waals surface area contributed by atoms with Crippen LogP contribution in [0.1, 0.15) is 6.92 Å². The van der Waals surface area contributed by atoms with Crippen molar-refractivity contribution in [1.29, 1.82) is 0 Å². The van der Waals surface area contributed by atoms with Crippen LogP contribution in [0.2, 0.25) is 0 Å². The monoisotopic (exact) mass is 327 g/mol. The highest BCUT2D eigenvalue weighted by Gasteiger charge is 2.11. The van der Waals surface area contributed by atoms with Crippen LogP contribution in [-0.4, -0.2) is 45.7 Å². The highest BCUT2D eigenvalue weighted by molar-refractivity contribution is 5.91. The maximum absolute atomic E-state index is 11.2. The third-order valence-electron chi connectivity index (χ3n) is 3.25. The van der Waals surface area contributed by atoms with E-state index >= 15 is 0 Å². The number of nitrogens with zero attached hydrogens (tertiary/aromatic N) is 4. The van der Waals surface area contributed by atoms with Crippen molar-refractivity contribution in [3.05, 3.63) is 36.9 Å². The number of carbonyl (C=O) groups is 1. The van der Waals surface area contributed by atoms with Gasteiger partial charge in [0.15, 0.2) is 0 Å². The lowest BCUT2D eigenvalue weighted by atomic mass is 10.2. The van der Waals surface area contributed by atoms with Gasteiger partial charge in [0.1, 0.15) is 17.9 Å². The Morgan fingerprint density at radius 1 is 1.33 bits per heavy atom. The van der Waals surface area contributed by atoms with Crippen molar-refractivity contribution < 1.29 is 14.3 Å². The number of carbonyl (C=O) groups excluding carboxylic acids is 1. The molecule has 0 bridgehead atoms. The number of methoxy groups -OCH3 is 1. The van der Waals surface area contributed by atoms with Crippen LogP contribution in [0.25, 0.3) is 16.9 Å². The summed E-state index contributed by atoms with van der Waals surface area (Å²) in [4.78, 5) is 24.2. The Morgan fingerprint density at radius 3 is 2.92 bits per heavy atom. The highest BCUT2D eigenvalue weighted by atomic mass is 16.5. The fraction of sp³-hybridized carbons (Fsp3) is 0.250. The zero-order valence-electron chi connectivity index (χ0n) is 13.4. The molecule has 8 nitrogen and oxygen atoms in total. The van der Waals surface area contributed by atoms with Crippen molar-refractivity contribution in [2.75, 3.05) is 25.6 Å². The summed E-state index contributed by atoms with van der Waals surface area (Å²) in [5.41, 5.74) is 0.726. The summed E-state index contributed by atoms with van der Waals surface area (Å²) in [6.45, 7) is 2.49. The van der Waals surface area contributed by atoms with Gasteiger partial charge in [-0.3, -0.25) is 9.36 Å². The minimum atomic E-state index is -0.376. The summed E-state index contributed by atoms with van der Waals surface area (Å²) >= 11 is 0. The van der Waals surface area contributed by atoms with Crippen LogP contribution in [0.15, 0.2) is 36.9 Å². The normalized spacial score (nSPS) is 10.8. The number of imidazole rings is 1. The van der Waals surface area contributed by atoms with Crippen LogP contribution >= 0.6 is 0 Å². The Kier molecular flexibility index (Phi) is 4.66. The first-order valence-electron chi connectivity index (χ1n) is 7.39. The van der Waals surface area contributed by atoms with Crippen molar-refractivity contribution in [3.63, 3.8) is 0 Å². The number of esters is 1. The summed E-state index contributed by atoms with van der Waals surface area (Å²) < 4.78 is 11.9. The van der Waals surface area contributed by atoms with Gasteiger partial charge in [0.2, 0.25) is 5.95 Å². The molecule has 0 amide bonds. The van der Waals surface area contributed by atoms with E-state index in [0.717, 1.165) is 10.9 Å². The van der Waals surface area contributed by atoms with E-state index in [4.69, 9.17) is 9.47 Å². The first-order valence-corrected chi connectivity index (χ1v) is 7.39. The van der Waals surface area contributed by atoms with Crippen LogP contribution in [0.3, 0.4) is 0 Å². The second-order valence-electron chi connectivity index (χ2n) is 5.03. The Labute approximate surface area is 138 Å². The number of aromatic nitrogens is 4. The molecular weight excluding hydrogens is 310 g/mol. The Hall–Kier alpha value is -3.00. The molecule has 1 N–H and O–H groups in total. The molecule has 2 heterocycles. The van der Waals surface area contributed by atoms with Crippen molar-refractivity contribution in [2.45, 2.75) is 6.92 Å². The van der Waals surface area contributed by atoms with Crippen molar-refractivity contribution in [3.8, 4) is 11.7 Å². The molecule has 8 heteroatoms. The molecule has 0 aliphatic carbocycles. The summed E-state index contributed by atoms with van der Waals surface area (Å²) in [5.74, 6) is 1.21. The molecule has 0 unspecified atom stereocenters. The molecule has 0 spiro atoms. The third-order valence-corrected chi connectivity index (χ3v) is 3.25. The average Bonchev–Trinajstić information content (AvgIpc) is 3.09. The number of rotatable bonds is 6. The first kappa shape index (κ1) is 15.9. The average molecular weight is 327 g/mol. The Bertz CT molecular complexity index is 848. The van der Waals surface area contributed by atoms with E-state index < -0.39 is 0 Å². The highest BCUT2D eigenvalue weighted by Crippen LogP contribution is 2.26. The molecular formula is C16H17N5O3. The summed E-state index contributed by atoms with van der Waals surface area (Å²) in [7, 11) is 1.63. The van der Waals surface area contributed by atoms with Crippen molar-refractivity contribution in [1.82, 2.24) is 19.5 Å². The number of benzene rings is 1. The molecule has 0 atom stereocenters. The standard InChI is InChI=1S/C16H17N5O3/c1-11(22)24-12-3-4-14-13(9-12)15(18-6-8-23-2)20-16(19-14)21-7-5-17-10-21/h3-5,7,9-10H,6,8H2,1-2H3,(H,18,19,20). The molecule has 0 saturated heterocycles. The summed E-state index contributed by atoms with van der Waals surface area (Å²) in [6, 6.07) is 5.23. The van der Waals surface area contributed by atoms with E-state index in [-0.39, 0.29) is 5.97 Å². The van der Waals surface area contributed by atoms with Gasteiger partial charge >= 0.3 is 5.97 Å². The molecule has 0 radical (unpaired) electrons. The number of hydrogen-bond donors (Lipinski definition) is 1. The summed E-state index contributed by atoms with van der Waals surface area (Å²) in [5, 5.41) is 3.98. The number of nitrogens with one attached hydrogen (secondary N) is 1. The lowest BCUT2D eigenvalue weighted by Crippen LogP contribution is -2.11. The molecule has 0 aliphatic rings. The number of anilines is 1. The van der Waals surface area contributed by atoms with Gasteiger partial charge in [0, 0.05) is 38.4 Å². The number of fused-ring (bicyclic) bond motifs is 1. The van der Waals surface area contributed by atoms with Gasteiger partial charge in [-0.25, -0.2) is 9.97 Å². The topological polar surface area (TPSA) is 91.2 Å².